The zero-order valence-corrected chi connectivity index (χ0v) is 15.7. The fraction of sp³-hybridized carbons (Fsp3) is 0.667. The zero-order valence-electron chi connectivity index (χ0n) is 15.7. The van der Waals surface area contributed by atoms with E-state index in [1.165, 1.54) is 25.7 Å². The number of hydrogen-bond donors (Lipinski definition) is 1. The molecular formula is C21H36O3. The van der Waals surface area contributed by atoms with Crippen molar-refractivity contribution in [2.24, 2.45) is 5.92 Å². The number of carbonyl (C=O) groups excluding carboxylic acids is 1. The van der Waals surface area contributed by atoms with E-state index in [9.17, 15) is 9.90 Å². The van der Waals surface area contributed by atoms with Crippen LogP contribution in [-0.4, -0.2) is 23.8 Å². The highest BCUT2D eigenvalue weighted by molar-refractivity contribution is 5.69. The molecule has 0 rings (SSSR count). The van der Waals surface area contributed by atoms with E-state index in [1.54, 1.807) is 13.0 Å². The van der Waals surface area contributed by atoms with Crippen LogP contribution in [0.5, 0.6) is 0 Å². The Hall–Kier alpha value is -1.35. The van der Waals surface area contributed by atoms with Crippen molar-refractivity contribution in [2.45, 2.75) is 78.2 Å². The summed E-state index contributed by atoms with van der Waals surface area (Å²) in [6.45, 7) is 6.48. The predicted molar refractivity (Wildman–Crippen MR) is 102 cm³/mol. The van der Waals surface area contributed by atoms with Gasteiger partial charge in [0.05, 0.1) is 12.7 Å². The van der Waals surface area contributed by atoms with Crippen LogP contribution in [0.3, 0.4) is 0 Å². The molecule has 0 spiro atoms. The van der Waals surface area contributed by atoms with E-state index in [0.717, 1.165) is 12.8 Å². The molecule has 0 aromatic rings. The first-order chi connectivity index (χ1) is 11.7. The summed E-state index contributed by atoms with van der Waals surface area (Å²) in [5, 5.41) is 10.3. The lowest BCUT2D eigenvalue weighted by atomic mass is 9.95. The molecule has 0 radical (unpaired) electrons. The van der Waals surface area contributed by atoms with Gasteiger partial charge in [-0.25, -0.2) is 0 Å². The minimum Gasteiger partial charge on any atom is -0.466 e. The van der Waals surface area contributed by atoms with Gasteiger partial charge in [0, 0.05) is 12.3 Å². The van der Waals surface area contributed by atoms with Gasteiger partial charge < -0.3 is 9.84 Å². The maximum atomic E-state index is 11.5. The molecule has 3 nitrogen and oxygen atoms in total. The molecule has 0 saturated heterocycles. The Morgan fingerprint density at radius 3 is 2.50 bits per heavy atom. The molecule has 0 fully saturated rings. The quantitative estimate of drug-likeness (QED) is 0.201. The third-order valence-electron chi connectivity index (χ3n) is 3.82. The minimum absolute atomic E-state index is 0.0523. The summed E-state index contributed by atoms with van der Waals surface area (Å²) in [6.07, 6.45) is 19.3. The Morgan fingerprint density at radius 1 is 1.04 bits per heavy atom. The lowest BCUT2D eigenvalue weighted by Crippen LogP contribution is -2.18. The molecule has 3 heteroatoms. The number of hydrogen-bond acceptors (Lipinski definition) is 3. The molecule has 0 aliphatic heterocycles. The monoisotopic (exact) mass is 336 g/mol. The smallest absolute Gasteiger partial charge is 0.305 e. The highest BCUT2D eigenvalue weighted by Crippen LogP contribution is 2.16. The largest absolute Gasteiger partial charge is 0.466 e. The summed E-state index contributed by atoms with van der Waals surface area (Å²) >= 11 is 0. The Morgan fingerprint density at radius 2 is 1.83 bits per heavy atom. The number of unbranched alkanes of at least 4 members (excludes halogenated alkanes) is 4. The molecular weight excluding hydrogens is 300 g/mol. The Balaban J connectivity index is 4.29. The average molecular weight is 337 g/mol. The van der Waals surface area contributed by atoms with Crippen LogP contribution >= 0.6 is 0 Å². The van der Waals surface area contributed by atoms with Crippen molar-refractivity contribution < 1.29 is 14.6 Å². The van der Waals surface area contributed by atoms with Crippen molar-refractivity contribution in [2.75, 3.05) is 6.61 Å². The highest BCUT2D eigenvalue weighted by atomic mass is 16.5. The van der Waals surface area contributed by atoms with Gasteiger partial charge >= 0.3 is 5.97 Å². The topological polar surface area (TPSA) is 46.5 Å². The average Bonchev–Trinajstić information content (AvgIpc) is 2.57. The van der Waals surface area contributed by atoms with Gasteiger partial charge in [0.2, 0.25) is 0 Å². The van der Waals surface area contributed by atoms with Crippen molar-refractivity contribution >= 4 is 5.97 Å². The van der Waals surface area contributed by atoms with Crippen LogP contribution in [0.15, 0.2) is 36.5 Å². The summed E-state index contributed by atoms with van der Waals surface area (Å²) < 4.78 is 4.96. The van der Waals surface area contributed by atoms with Gasteiger partial charge in [-0.3, -0.25) is 4.79 Å². The van der Waals surface area contributed by atoms with Crippen LogP contribution in [0.4, 0.5) is 0 Å². The van der Waals surface area contributed by atoms with Crippen molar-refractivity contribution in [3.63, 3.8) is 0 Å². The Labute approximate surface area is 148 Å². The molecule has 0 aliphatic carbocycles. The molecule has 24 heavy (non-hydrogen) atoms. The number of esters is 1. The first-order valence-electron chi connectivity index (χ1n) is 9.49. The first-order valence-corrected chi connectivity index (χ1v) is 9.49. The summed E-state index contributed by atoms with van der Waals surface area (Å²) in [6, 6.07) is 0. The third kappa shape index (κ3) is 13.1. The SMILES string of the molecule is CCC=CC(CCC(=O)OCC)C(O)C=CC=CCCCCCC. The lowest BCUT2D eigenvalue weighted by Gasteiger charge is -2.16. The van der Waals surface area contributed by atoms with E-state index in [1.807, 2.05) is 24.3 Å². The van der Waals surface area contributed by atoms with Gasteiger partial charge in [0.1, 0.15) is 0 Å². The number of carbonyl (C=O) groups is 1. The van der Waals surface area contributed by atoms with E-state index in [-0.39, 0.29) is 11.9 Å². The van der Waals surface area contributed by atoms with Gasteiger partial charge in [0.15, 0.2) is 0 Å². The Kier molecular flexibility index (Phi) is 15.6. The molecule has 138 valence electrons. The van der Waals surface area contributed by atoms with Gasteiger partial charge in [-0.2, -0.15) is 0 Å². The summed E-state index contributed by atoms with van der Waals surface area (Å²) in [5.41, 5.74) is 0. The van der Waals surface area contributed by atoms with Crippen molar-refractivity contribution in [1.82, 2.24) is 0 Å². The molecule has 0 saturated carbocycles. The summed E-state index contributed by atoms with van der Waals surface area (Å²) in [7, 11) is 0. The molecule has 2 unspecified atom stereocenters. The maximum absolute atomic E-state index is 11.5. The van der Waals surface area contributed by atoms with Gasteiger partial charge in [0.25, 0.3) is 0 Å². The van der Waals surface area contributed by atoms with E-state index >= 15 is 0 Å². The van der Waals surface area contributed by atoms with Gasteiger partial charge in [-0.15, -0.1) is 0 Å². The van der Waals surface area contributed by atoms with Crippen molar-refractivity contribution in [3.8, 4) is 0 Å². The van der Waals surface area contributed by atoms with Crippen molar-refractivity contribution in [3.05, 3.63) is 36.5 Å². The summed E-state index contributed by atoms with van der Waals surface area (Å²) in [4.78, 5) is 11.5. The van der Waals surface area contributed by atoms with Gasteiger partial charge in [-0.1, -0.05) is 69.6 Å². The van der Waals surface area contributed by atoms with Crippen LogP contribution < -0.4 is 0 Å². The molecule has 1 N–H and O–H groups in total. The third-order valence-corrected chi connectivity index (χ3v) is 3.82. The first kappa shape index (κ1) is 22.6. The molecule has 0 amide bonds. The van der Waals surface area contributed by atoms with E-state index < -0.39 is 6.10 Å². The molecule has 0 aliphatic rings. The zero-order chi connectivity index (χ0) is 18.0. The predicted octanol–water partition coefficient (Wildman–Crippen LogP) is 5.36. The number of rotatable bonds is 14. The molecule has 0 aromatic carbocycles. The van der Waals surface area contributed by atoms with Crippen molar-refractivity contribution in [1.29, 1.82) is 0 Å². The van der Waals surface area contributed by atoms with E-state index in [2.05, 4.69) is 19.9 Å². The van der Waals surface area contributed by atoms with Crippen LogP contribution in [0.25, 0.3) is 0 Å². The van der Waals surface area contributed by atoms with Crippen LogP contribution in [0.1, 0.15) is 72.1 Å². The van der Waals surface area contributed by atoms with Crippen LogP contribution in [-0.2, 0) is 9.53 Å². The lowest BCUT2D eigenvalue weighted by molar-refractivity contribution is -0.143. The van der Waals surface area contributed by atoms with E-state index in [0.29, 0.717) is 19.4 Å². The number of aliphatic hydroxyl groups excluding tert-OH is 1. The number of aliphatic hydroxyl groups is 1. The fourth-order valence-electron chi connectivity index (χ4n) is 2.39. The maximum Gasteiger partial charge on any atom is 0.305 e. The second-order valence-corrected chi connectivity index (χ2v) is 6.00. The fourth-order valence-corrected chi connectivity index (χ4v) is 2.39. The van der Waals surface area contributed by atoms with Crippen LogP contribution in [0.2, 0.25) is 0 Å². The minimum atomic E-state index is -0.577. The Bertz CT molecular complexity index is 383. The summed E-state index contributed by atoms with van der Waals surface area (Å²) in [5.74, 6) is -0.251. The highest BCUT2D eigenvalue weighted by Gasteiger charge is 2.15. The second-order valence-electron chi connectivity index (χ2n) is 6.00. The second kappa shape index (κ2) is 16.5. The number of allylic oxidation sites excluding steroid dienone is 4. The molecule has 2 atom stereocenters. The van der Waals surface area contributed by atoms with Crippen LogP contribution in [0, 0.1) is 5.92 Å². The molecule has 0 bridgehead atoms. The molecule has 0 aromatic heterocycles. The normalized spacial score (nSPS) is 14.7. The van der Waals surface area contributed by atoms with E-state index in [4.69, 9.17) is 4.74 Å². The molecule has 0 heterocycles. The standard InChI is InChI=1S/C21H36O3/c1-4-7-9-10-11-12-13-14-16-20(22)19(15-8-5-2)17-18-21(23)24-6-3/h8,12-16,19-20,22H,4-7,9-11,17-18H2,1-3H3. The van der Waals surface area contributed by atoms with Gasteiger partial charge in [-0.05, 0) is 32.6 Å². The number of ether oxygens (including phenoxy) is 1.